The minimum absolute atomic E-state index is 0.211. The summed E-state index contributed by atoms with van der Waals surface area (Å²) in [5.74, 6) is -0.0643. The average Bonchev–Trinajstić information content (AvgIpc) is 3.38. The molecule has 0 saturated heterocycles. The molecule has 0 aliphatic heterocycles. The number of aliphatic hydroxyl groups is 1. The lowest BCUT2D eigenvalue weighted by atomic mass is 10.1. The van der Waals surface area contributed by atoms with Crippen LogP contribution in [0.3, 0.4) is 0 Å². The number of carbonyl (C=O) groups is 1. The number of aryl methyl sites for hydroxylation is 3. The van der Waals surface area contributed by atoms with Gasteiger partial charge in [0.15, 0.2) is 0 Å². The lowest BCUT2D eigenvalue weighted by Crippen LogP contribution is -2.19. The number of aromatic nitrogens is 3. The first-order chi connectivity index (χ1) is 15.9. The van der Waals surface area contributed by atoms with E-state index in [1.54, 1.807) is 47.0 Å². The molecule has 0 fully saturated rings. The molecule has 3 N–H and O–H groups in total. The van der Waals surface area contributed by atoms with Gasteiger partial charge in [-0.05, 0) is 57.0 Å². The Balaban J connectivity index is 1.99. The quantitative estimate of drug-likeness (QED) is 0.395. The van der Waals surface area contributed by atoms with E-state index in [1.165, 1.54) is 35.1 Å². The summed E-state index contributed by atoms with van der Waals surface area (Å²) >= 11 is 1.22. The number of nitrogens with one attached hydrogen (secondary N) is 2. The zero-order chi connectivity index (χ0) is 24.9. The summed E-state index contributed by atoms with van der Waals surface area (Å²) in [4.78, 5) is 33.0. The largest absolute Gasteiger partial charge is 0.437 e. The molecule has 178 valence electrons. The first kappa shape index (κ1) is 23.7. The number of pyridine rings is 1. The number of amides is 1. The van der Waals surface area contributed by atoms with Crippen LogP contribution >= 0.6 is 11.3 Å². The standard InChI is InChI=1S/C24H25FN4O4S/c1-11-7-13(25)8-12(2)18(11)33-21-19(34-23(28-21)24(3,4)32)15-10-29(6)22(31)17-14(15)9-16(27-17)20(30)26-5/h7-10,27,32H,1-6H3,(H,26,30). The molecule has 10 heteroatoms. The van der Waals surface area contributed by atoms with E-state index in [0.29, 0.717) is 37.7 Å². The molecule has 0 atom stereocenters. The Labute approximate surface area is 199 Å². The molecule has 0 aliphatic carbocycles. The zero-order valence-corrected chi connectivity index (χ0v) is 20.5. The van der Waals surface area contributed by atoms with Crippen molar-refractivity contribution in [2.24, 2.45) is 7.05 Å². The van der Waals surface area contributed by atoms with Crippen molar-refractivity contribution in [3.05, 3.63) is 62.4 Å². The van der Waals surface area contributed by atoms with E-state index in [1.807, 2.05) is 0 Å². The van der Waals surface area contributed by atoms with Gasteiger partial charge in [-0.2, -0.15) is 0 Å². The van der Waals surface area contributed by atoms with Crippen LogP contribution in [0.5, 0.6) is 11.6 Å². The summed E-state index contributed by atoms with van der Waals surface area (Å²) < 4.78 is 21.4. The fourth-order valence-electron chi connectivity index (χ4n) is 3.73. The molecule has 1 amide bonds. The predicted octanol–water partition coefficient (Wildman–Crippen LogP) is 4.13. The monoisotopic (exact) mass is 484 g/mol. The highest BCUT2D eigenvalue weighted by Crippen LogP contribution is 2.44. The Bertz CT molecular complexity index is 1470. The summed E-state index contributed by atoms with van der Waals surface area (Å²) in [6, 6.07) is 4.35. The van der Waals surface area contributed by atoms with Crippen LogP contribution < -0.4 is 15.6 Å². The number of nitrogens with zero attached hydrogens (tertiary/aromatic N) is 2. The van der Waals surface area contributed by atoms with Gasteiger partial charge < -0.3 is 24.7 Å². The fraction of sp³-hybridized carbons (Fsp3) is 0.292. The smallest absolute Gasteiger partial charge is 0.274 e. The van der Waals surface area contributed by atoms with Crippen LogP contribution in [0.2, 0.25) is 0 Å². The van der Waals surface area contributed by atoms with Crippen LogP contribution in [0.1, 0.15) is 40.5 Å². The molecule has 3 aromatic heterocycles. The molecule has 8 nitrogen and oxygen atoms in total. The third-order valence-electron chi connectivity index (χ3n) is 5.42. The van der Waals surface area contributed by atoms with Crippen molar-refractivity contribution in [1.29, 1.82) is 0 Å². The molecule has 0 saturated carbocycles. The van der Waals surface area contributed by atoms with Gasteiger partial charge in [0.2, 0.25) is 5.88 Å². The van der Waals surface area contributed by atoms with E-state index in [-0.39, 0.29) is 34.4 Å². The summed E-state index contributed by atoms with van der Waals surface area (Å²) in [7, 11) is 3.11. The number of benzene rings is 1. The number of halogens is 1. The number of thiazole rings is 1. The highest BCUT2D eigenvalue weighted by molar-refractivity contribution is 7.15. The second kappa shape index (κ2) is 8.37. The average molecular weight is 485 g/mol. The molecule has 3 heterocycles. The molecule has 4 rings (SSSR count). The van der Waals surface area contributed by atoms with Crippen molar-refractivity contribution < 1.29 is 19.0 Å². The molecule has 1 aromatic carbocycles. The van der Waals surface area contributed by atoms with Gasteiger partial charge in [0.25, 0.3) is 11.5 Å². The highest BCUT2D eigenvalue weighted by atomic mass is 32.1. The Hall–Kier alpha value is -3.50. The second-order valence-electron chi connectivity index (χ2n) is 8.69. The van der Waals surface area contributed by atoms with Gasteiger partial charge >= 0.3 is 0 Å². The zero-order valence-electron chi connectivity index (χ0n) is 19.7. The van der Waals surface area contributed by atoms with Gasteiger partial charge in [-0.25, -0.2) is 9.37 Å². The van der Waals surface area contributed by atoms with Crippen LogP contribution in [0.15, 0.2) is 29.2 Å². The SMILES string of the molecule is CNC(=O)c1cc2c(-c3sc(C(C)(C)O)nc3Oc3c(C)cc(F)cc3C)cn(C)c(=O)c2[nH]1. The highest BCUT2D eigenvalue weighted by Gasteiger charge is 2.28. The summed E-state index contributed by atoms with van der Waals surface area (Å²) in [5, 5.41) is 14.1. The number of H-pyrrole nitrogens is 1. The molecule has 0 spiro atoms. The van der Waals surface area contributed by atoms with E-state index in [4.69, 9.17) is 4.74 Å². The Kier molecular flexibility index (Phi) is 5.82. The van der Waals surface area contributed by atoms with Gasteiger partial charge in [0, 0.05) is 31.2 Å². The fourth-order valence-corrected chi connectivity index (χ4v) is 4.75. The van der Waals surface area contributed by atoms with Gasteiger partial charge in [0.05, 0.1) is 0 Å². The molecule has 0 unspecified atom stereocenters. The van der Waals surface area contributed by atoms with Crippen molar-refractivity contribution in [3.8, 4) is 22.1 Å². The van der Waals surface area contributed by atoms with Gasteiger partial charge in [-0.15, -0.1) is 11.3 Å². The van der Waals surface area contributed by atoms with Crippen LogP contribution in [0.25, 0.3) is 21.3 Å². The molecule has 4 aromatic rings. The maximum atomic E-state index is 13.8. The van der Waals surface area contributed by atoms with Crippen LogP contribution in [0.4, 0.5) is 4.39 Å². The molecule has 34 heavy (non-hydrogen) atoms. The van der Waals surface area contributed by atoms with Crippen molar-refractivity contribution in [3.63, 3.8) is 0 Å². The normalized spacial score (nSPS) is 11.8. The number of aromatic amines is 1. The lowest BCUT2D eigenvalue weighted by molar-refractivity contribution is 0.0778. The van der Waals surface area contributed by atoms with E-state index in [9.17, 15) is 19.1 Å². The van der Waals surface area contributed by atoms with E-state index < -0.39 is 5.60 Å². The lowest BCUT2D eigenvalue weighted by Gasteiger charge is -2.13. The maximum Gasteiger partial charge on any atom is 0.274 e. The van der Waals surface area contributed by atoms with E-state index >= 15 is 0 Å². The predicted molar refractivity (Wildman–Crippen MR) is 129 cm³/mol. The number of carbonyl (C=O) groups excluding carboxylic acids is 1. The van der Waals surface area contributed by atoms with E-state index in [0.717, 1.165) is 0 Å². The van der Waals surface area contributed by atoms with Crippen molar-refractivity contribution in [2.45, 2.75) is 33.3 Å². The van der Waals surface area contributed by atoms with Crippen LogP contribution in [0, 0.1) is 19.7 Å². The number of ether oxygens (including phenoxy) is 1. The van der Waals surface area contributed by atoms with Crippen molar-refractivity contribution in [2.75, 3.05) is 7.05 Å². The molecule has 0 bridgehead atoms. The first-order valence-corrected chi connectivity index (χ1v) is 11.4. The molecule has 0 aliphatic rings. The molecular weight excluding hydrogens is 459 g/mol. The van der Waals surface area contributed by atoms with Crippen LogP contribution in [-0.4, -0.2) is 32.6 Å². The second-order valence-corrected chi connectivity index (χ2v) is 9.69. The first-order valence-electron chi connectivity index (χ1n) is 10.5. The Morgan fingerprint density at radius 1 is 1.26 bits per heavy atom. The van der Waals surface area contributed by atoms with Gasteiger partial charge in [-0.3, -0.25) is 9.59 Å². The molecular formula is C24H25FN4O4S. The molecule has 0 radical (unpaired) electrons. The van der Waals surface area contributed by atoms with Crippen molar-refractivity contribution >= 4 is 28.1 Å². The number of fused-ring (bicyclic) bond motifs is 1. The number of hydrogen-bond donors (Lipinski definition) is 3. The summed E-state index contributed by atoms with van der Waals surface area (Å²) in [6.07, 6.45) is 1.64. The summed E-state index contributed by atoms with van der Waals surface area (Å²) in [5.41, 5.74) is 0.737. The number of rotatable bonds is 5. The Morgan fingerprint density at radius 2 is 1.91 bits per heavy atom. The van der Waals surface area contributed by atoms with Crippen molar-refractivity contribution in [1.82, 2.24) is 19.9 Å². The Morgan fingerprint density at radius 3 is 2.50 bits per heavy atom. The summed E-state index contributed by atoms with van der Waals surface area (Å²) in [6.45, 7) is 6.70. The minimum Gasteiger partial charge on any atom is -0.437 e. The maximum absolute atomic E-state index is 13.8. The topological polar surface area (TPSA) is 109 Å². The van der Waals surface area contributed by atoms with Gasteiger partial charge in [-0.1, -0.05) is 0 Å². The third-order valence-corrected chi connectivity index (χ3v) is 6.81. The van der Waals surface area contributed by atoms with E-state index in [2.05, 4.69) is 15.3 Å². The van der Waals surface area contributed by atoms with Gasteiger partial charge in [0.1, 0.15) is 38.3 Å². The van der Waals surface area contributed by atoms with Crippen LogP contribution in [-0.2, 0) is 12.6 Å². The third kappa shape index (κ3) is 4.10. The minimum atomic E-state index is -1.25. The number of hydrogen-bond acceptors (Lipinski definition) is 6.